The summed E-state index contributed by atoms with van der Waals surface area (Å²) in [5, 5.41) is 7.92. The molecule has 1 N–H and O–H groups in total. The molecule has 0 radical (unpaired) electrons. The summed E-state index contributed by atoms with van der Waals surface area (Å²) in [5.74, 6) is 0.171. The molecule has 1 amide bonds. The number of nitrogens with zero attached hydrogens (tertiary/aromatic N) is 4. The predicted octanol–water partition coefficient (Wildman–Crippen LogP) is 2.68. The van der Waals surface area contributed by atoms with E-state index in [2.05, 4.69) is 38.1 Å². The molecule has 2 aliphatic rings. The zero-order valence-electron chi connectivity index (χ0n) is 15.9. The van der Waals surface area contributed by atoms with Crippen LogP contribution in [0.25, 0.3) is 0 Å². The van der Waals surface area contributed by atoms with Gasteiger partial charge in [-0.2, -0.15) is 5.10 Å². The second kappa shape index (κ2) is 8.65. The van der Waals surface area contributed by atoms with Gasteiger partial charge in [0, 0.05) is 57.5 Å². The third-order valence-corrected chi connectivity index (χ3v) is 5.63. The van der Waals surface area contributed by atoms with Crippen LogP contribution >= 0.6 is 0 Å². The van der Waals surface area contributed by atoms with E-state index in [-0.39, 0.29) is 5.91 Å². The van der Waals surface area contributed by atoms with Gasteiger partial charge >= 0.3 is 0 Å². The van der Waals surface area contributed by atoms with E-state index in [4.69, 9.17) is 5.10 Å². The van der Waals surface area contributed by atoms with Crippen molar-refractivity contribution in [3.63, 3.8) is 0 Å². The van der Waals surface area contributed by atoms with Gasteiger partial charge in [-0.1, -0.05) is 12.8 Å². The number of pyridine rings is 1. The first-order valence-electron chi connectivity index (χ1n) is 10.2. The molecule has 0 spiro atoms. The van der Waals surface area contributed by atoms with Gasteiger partial charge < -0.3 is 5.32 Å². The van der Waals surface area contributed by atoms with Crippen molar-refractivity contribution < 1.29 is 4.79 Å². The minimum Gasteiger partial charge on any atom is -0.353 e. The summed E-state index contributed by atoms with van der Waals surface area (Å²) in [6.07, 6.45) is 10.8. The highest BCUT2D eigenvalue weighted by atomic mass is 16.1. The Morgan fingerprint density at radius 2 is 1.96 bits per heavy atom. The van der Waals surface area contributed by atoms with Crippen LogP contribution in [-0.2, 0) is 30.8 Å². The second-order valence-corrected chi connectivity index (χ2v) is 7.82. The van der Waals surface area contributed by atoms with Crippen LogP contribution in [0.2, 0.25) is 0 Å². The minimum atomic E-state index is 0.171. The highest BCUT2D eigenvalue weighted by molar-refractivity contribution is 5.76. The molecule has 0 saturated heterocycles. The lowest BCUT2D eigenvalue weighted by molar-refractivity contribution is -0.121. The molecule has 4 rings (SSSR count). The molecular weight excluding hydrogens is 338 g/mol. The Bertz CT molecular complexity index is 751. The lowest BCUT2D eigenvalue weighted by Gasteiger charge is -2.19. The number of nitrogens with one attached hydrogen (secondary N) is 1. The van der Waals surface area contributed by atoms with Crippen LogP contribution in [0.15, 0.2) is 30.6 Å². The van der Waals surface area contributed by atoms with Crippen molar-refractivity contribution in [1.29, 1.82) is 0 Å². The second-order valence-electron chi connectivity index (χ2n) is 7.82. The Hall–Kier alpha value is -2.21. The van der Waals surface area contributed by atoms with Crippen molar-refractivity contribution in [2.24, 2.45) is 0 Å². The normalized spacial score (nSPS) is 18.2. The number of carbonyl (C=O) groups excluding carboxylic acids is 1. The third kappa shape index (κ3) is 4.95. The van der Waals surface area contributed by atoms with Crippen molar-refractivity contribution in [2.75, 3.05) is 6.54 Å². The molecule has 0 bridgehead atoms. The Morgan fingerprint density at radius 1 is 1.15 bits per heavy atom. The maximum atomic E-state index is 12.2. The van der Waals surface area contributed by atoms with Gasteiger partial charge in [-0.3, -0.25) is 19.4 Å². The van der Waals surface area contributed by atoms with E-state index < -0.39 is 0 Å². The number of amides is 1. The number of fused-ring (bicyclic) bond motifs is 1. The fraction of sp³-hybridized carbons (Fsp3) is 0.571. The molecule has 0 unspecified atom stereocenters. The van der Waals surface area contributed by atoms with Gasteiger partial charge in [-0.05, 0) is 43.0 Å². The van der Waals surface area contributed by atoms with E-state index in [1.54, 1.807) is 0 Å². The zero-order valence-corrected chi connectivity index (χ0v) is 15.9. The fourth-order valence-electron chi connectivity index (χ4n) is 4.20. The summed E-state index contributed by atoms with van der Waals surface area (Å²) in [4.78, 5) is 18.7. The molecule has 0 aromatic carbocycles. The summed E-state index contributed by atoms with van der Waals surface area (Å²) in [6, 6.07) is 6.75. The Balaban J connectivity index is 1.32. The molecular formula is C21H29N5O. The maximum Gasteiger partial charge on any atom is 0.220 e. The highest BCUT2D eigenvalue weighted by Gasteiger charge is 2.19. The van der Waals surface area contributed by atoms with Crippen molar-refractivity contribution in [2.45, 2.75) is 70.6 Å². The summed E-state index contributed by atoms with van der Waals surface area (Å²) in [7, 11) is 0. The van der Waals surface area contributed by atoms with Gasteiger partial charge in [0.05, 0.1) is 11.4 Å². The zero-order chi connectivity index (χ0) is 18.5. The first-order valence-corrected chi connectivity index (χ1v) is 10.2. The highest BCUT2D eigenvalue weighted by Crippen LogP contribution is 2.19. The maximum absolute atomic E-state index is 12.2. The summed E-state index contributed by atoms with van der Waals surface area (Å²) < 4.78 is 2.14. The molecule has 27 heavy (non-hydrogen) atoms. The molecule has 3 heterocycles. The number of aromatic nitrogens is 3. The minimum absolute atomic E-state index is 0.171. The third-order valence-electron chi connectivity index (χ3n) is 5.63. The lowest BCUT2D eigenvalue weighted by atomic mass is 10.2. The molecule has 6 heteroatoms. The SMILES string of the molecule is O=C(CCc1cc2n(n1)CCCN(Cc1ccncc1)C2)NC1CCCC1. The molecule has 1 fully saturated rings. The summed E-state index contributed by atoms with van der Waals surface area (Å²) >= 11 is 0. The van der Waals surface area contributed by atoms with Crippen LogP contribution in [-0.4, -0.2) is 38.2 Å². The lowest BCUT2D eigenvalue weighted by Crippen LogP contribution is -2.32. The first-order chi connectivity index (χ1) is 13.3. The van der Waals surface area contributed by atoms with Crippen molar-refractivity contribution >= 4 is 5.91 Å². The van der Waals surface area contributed by atoms with Gasteiger partial charge in [0.25, 0.3) is 0 Å². The van der Waals surface area contributed by atoms with Crippen LogP contribution < -0.4 is 5.32 Å². The monoisotopic (exact) mass is 367 g/mol. The van der Waals surface area contributed by atoms with E-state index in [0.29, 0.717) is 12.5 Å². The van der Waals surface area contributed by atoms with Crippen LogP contribution in [0, 0.1) is 0 Å². The Kier molecular flexibility index (Phi) is 5.82. The van der Waals surface area contributed by atoms with Gasteiger partial charge in [-0.15, -0.1) is 0 Å². The predicted molar refractivity (Wildman–Crippen MR) is 104 cm³/mol. The summed E-state index contributed by atoms with van der Waals surface area (Å²) in [5.41, 5.74) is 3.59. The van der Waals surface area contributed by atoms with E-state index in [1.807, 2.05) is 12.4 Å². The van der Waals surface area contributed by atoms with Crippen LogP contribution in [0.3, 0.4) is 0 Å². The number of hydrogen-bond acceptors (Lipinski definition) is 4. The average Bonchev–Trinajstić information content (AvgIpc) is 3.27. The van der Waals surface area contributed by atoms with Gasteiger partial charge in [0.15, 0.2) is 0 Å². The van der Waals surface area contributed by atoms with Crippen molar-refractivity contribution in [3.05, 3.63) is 47.5 Å². The number of rotatable bonds is 6. The molecule has 2 aromatic rings. The van der Waals surface area contributed by atoms with Crippen molar-refractivity contribution in [3.8, 4) is 0 Å². The molecule has 1 saturated carbocycles. The molecule has 1 aliphatic heterocycles. The van der Waals surface area contributed by atoms with Gasteiger partial charge in [0.2, 0.25) is 5.91 Å². The molecule has 6 nitrogen and oxygen atoms in total. The average molecular weight is 367 g/mol. The summed E-state index contributed by atoms with van der Waals surface area (Å²) in [6.45, 7) is 3.87. The largest absolute Gasteiger partial charge is 0.353 e. The molecule has 0 atom stereocenters. The van der Waals surface area contributed by atoms with E-state index in [9.17, 15) is 4.79 Å². The fourth-order valence-corrected chi connectivity index (χ4v) is 4.20. The van der Waals surface area contributed by atoms with Gasteiger partial charge in [-0.25, -0.2) is 0 Å². The first kappa shape index (κ1) is 18.2. The standard InChI is InChI=1S/C21H29N5O/c27-21(23-18-4-1-2-5-18)7-6-19-14-20-16-25(12-3-13-26(20)24-19)15-17-8-10-22-11-9-17/h8-11,14,18H,1-7,12-13,15-16H2,(H,23,27). The van der Waals surface area contributed by atoms with E-state index >= 15 is 0 Å². The van der Waals surface area contributed by atoms with Crippen LogP contribution in [0.4, 0.5) is 0 Å². The van der Waals surface area contributed by atoms with Crippen LogP contribution in [0.1, 0.15) is 55.5 Å². The topological polar surface area (TPSA) is 63.1 Å². The van der Waals surface area contributed by atoms with E-state index in [0.717, 1.165) is 57.6 Å². The van der Waals surface area contributed by atoms with Gasteiger partial charge in [0.1, 0.15) is 0 Å². The Morgan fingerprint density at radius 3 is 2.78 bits per heavy atom. The quantitative estimate of drug-likeness (QED) is 0.853. The van der Waals surface area contributed by atoms with Crippen LogP contribution in [0.5, 0.6) is 0 Å². The number of hydrogen-bond donors (Lipinski definition) is 1. The molecule has 2 aromatic heterocycles. The number of aryl methyl sites for hydroxylation is 2. The number of carbonyl (C=O) groups is 1. The van der Waals surface area contributed by atoms with E-state index in [1.165, 1.54) is 24.1 Å². The van der Waals surface area contributed by atoms with Crippen molar-refractivity contribution in [1.82, 2.24) is 25.0 Å². The molecule has 144 valence electrons. The molecule has 1 aliphatic carbocycles. The Labute approximate surface area is 161 Å². The smallest absolute Gasteiger partial charge is 0.220 e.